The molecule has 1 amide bonds. The molecule has 0 aromatic heterocycles. The first-order valence-electron chi connectivity index (χ1n) is 8.15. The molecule has 0 saturated carbocycles. The van der Waals surface area contributed by atoms with Crippen LogP contribution in [0.4, 0.5) is 4.79 Å². The molecule has 0 bridgehead atoms. The number of carbonyl (C=O) groups is 2. The van der Waals surface area contributed by atoms with E-state index in [0.29, 0.717) is 12.4 Å². The van der Waals surface area contributed by atoms with Gasteiger partial charge in [0.25, 0.3) is 0 Å². The lowest BCUT2D eigenvalue weighted by Gasteiger charge is -2.22. The van der Waals surface area contributed by atoms with E-state index >= 15 is 0 Å². The Hall–Kier alpha value is -2.24. The Morgan fingerprint density at radius 3 is 2.58 bits per heavy atom. The molecule has 24 heavy (non-hydrogen) atoms. The first-order chi connectivity index (χ1) is 11.2. The van der Waals surface area contributed by atoms with Crippen LogP contribution >= 0.6 is 0 Å². The quantitative estimate of drug-likeness (QED) is 0.710. The first kappa shape index (κ1) is 19.8. The number of unbranched alkanes of at least 4 members (excludes halogenated alkanes) is 1. The summed E-state index contributed by atoms with van der Waals surface area (Å²) in [5, 5.41) is 11.7. The molecule has 0 radical (unpaired) electrons. The van der Waals surface area contributed by atoms with Crippen molar-refractivity contribution in [2.75, 3.05) is 6.61 Å². The van der Waals surface area contributed by atoms with Crippen LogP contribution in [0, 0.1) is 0 Å². The fraction of sp³-hybridized carbons (Fsp3) is 0.556. The van der Waals surface area contributed by atoms with Crippen molar-refractivity contribution < 1.29 is 24.2 Å². The molecule has 0 aliphatic rings. The Morgan fingerprint density at radius 2 is 2.00 bits per heavy atom. The molecule has 0 unspecified atom stereocenters. The van der Waals surface area contributed by atoms with E-state index in [1.807, 2.05) is 12.1 Å². The van der Waals surface area contributed by atoms with Crippen molar-refractivity contribution >= 4 is 12.1 Å². The minimum Gasteiger partial charge on any atom is -0.494 e. The van der Waals surface area contributed by atoms with E-state index in [1.54, 1.807) is 32.9 Å². The Morgan fingerprint density at radius 1 is 1.29 bits per heavy atom. The molecular weight excluding hydrogens is 310 g/mol. The number of rotatable bonds is 8. The summed E-state index contributed by atoms with van der Waals surface area (Å²) in [6.07, 6.45) is 1.41. The molecule has 1 aromatic carbocycles. The summed E-state index contributed by atoms with van der Waals surface area (Å²) < 4.78 is 10.7. The topological polar surface area (TPSA) is 84.9 Å². The van der Waals surface area contributed by atoms with Gasteiger partial charge in [0, 0.05) is 6.42 Å². The number of benzene rings is 1. The Labute approximate surface area is 143 Å². The normalized spacial score (nSPS) is 12.3. The van der Waals surface area contributed by atoms with Crippen LogP contribution in [-0.4, -0.2) is 35.4 Å². The van der Waals surface area contributed by atoms with Gasteiger partial charge in [-0.2, -0.15) is 0 Å². The van der Waals surface area contributed by atoms with Gasteiger partial charge in [0.2, 0.25) is 0 Å². The third kappa shape index (κ3) is 7.85. The highest BCUT2D eigenvalue weighted by Gasteiger charge is 2.24. The summed E-state index contributed by atoms with van der Waals surface area (Å²) in [5.74, 6) is -0.416. The van der Waals surface area contributed by atoms with Crippen molar-refractivity contribution in [3.8, 4) is 5.75 Å². The molecule has 6 nitrogen and oxygen atoms in total. The van der Waals surface area contributed by atoms with Gasteiger partial charge in [-0.05, 0) is 44.9 Å². The van der Waals surface area contributed by atoms with Crippen molar-refractivity contribution in [3.05, 3.63) is 29.8 Å². The van der Waals surface area contributed by atoms with Crippen LogP contribution in [0.1, 0.15) is 46.1 Å². The Balaban J connectivity index is 2.69. The van der Waals surface area contributed by atoms with Gasteiger partial charge in [0.05, 0.1) is 6.61 Å². The lowest BCUT2D eigenvalue weighted by molar-refractivity contribution is -0.139. The number of carbonyl (C=O) groups excluding carboxylic acids is 1. The average Bonchev–Trinajstić information content (AvgIpc) is 2.45. The molecule has 0 fully saturated rings. The van der Waals surface area contributed by atoms with Crippen molar-refractivity contribution in [1.82, 2.24) is 5.32 Å². The average molecular weight is 337 g/mol. The number of hydrogen-bond acceptors (Lipinski definition) is 4. The van der Waals surface area contributed by atoms with Crippen molar-refractivity contribution in [3.63, 3.8) is 0 Å². The van der Waals surface area contributed by atoms with E-state index in [4.69, 9.17) is 9.47 Å². The minimum atomic E-state index is -1.11. The van der Waals surface area contributed by atoms with E-state index in [9.17, 15) is 14.7 Å². The van der Waals surface area contributed by atoms with Crippen LogP contribution < -0.4 is 10.1 Å². The van der Waals surface area contributed by atoms with E-state index in [0.717, 1.165) is 18.4 Å². The molecule has 0 spiro atoms. The Kier molecular flexibility index (Phi) is 7.55. The van der Waals surface area contributed by atoms with E-state index in [2.05, 4.69) is 12.2 Å². The minimum absolute atomic E-state index is 0.152. The predicted octanol–water partition coefficient (Wildman–Crippen LogP) is 3.39. The molecule has 1 aromatic rings. The van der Waals surface area contributed by atoms with Gasteiger partial charge in [0.15, 0.2) is 0 Å². The van der Waals surface area contributed by atoms with Gasteiger partial charge in [0.1, 0.15) is 17.4 Å². The van der Waals surface area contributed by atoms with Gasteiger partial charge in [-0.1, -0.05) is 25.5 Å². The second-order valence-corrected chi connectivity index (χ2v) is 6.59. The van der Waals surface area contributed by atoms with Crippen LogP contribution in [0.2, 0.25) is 0 Å². The molecule has 6 heteroatoms. The molecule has 2 N–H and O–H groups in total. The molecule has 134 valence electrons. The lowest BCUT2D eigenvalue weighted by atomic mass is 10.1. The summed E-state index contributed by atoms with van der Waals surface area (Å²) in [6, 6.07) is 6.17. The molecule has 0 saturated heterocycles. The monoisotopic (exact) mass is 337 g/mol. The number of hydrogen-bond donors (Lipinski definition) is 2. The summed E-state index contributed by atoms with van der Waals surface area (Å²) >= 11 is 0. The van der Waals surface area contributed by atoms with Gasteiger partial charge in [-0.3, -0.25) is 0 Å². The van der Waals surface area contributed by atoms with Crippen molar-refractivity contribution in [2.45, 2.75) is 58.6 Å². The predicted molar refractivity (Wildman–Crippen MR) is 91.3 cm³/mol. The zero-order valence-corrected chi connectivity index (χ0v) is 14.8. The molecule has 0 heterocycles. The van der Waals surface area contributed by atoms with Crippen molar-refractivity contribution in [2.24, 2.45) is 0 Å². The maximum atomic E-state index is 11.8. The highest BCUT2D eigenvalue weighted by molar-refractivity contribution is 5.80. The zero-order chi connectivity index (χ0) is 18.2. The van der Waals surface area contributed by atoms with Gasteiger partial charge in [-0.25, -0.2) is 9.59 Å². The number of carboxylic acid groups (broad SMARTS) is 1. The maximum Gasteiger partial charge on any atom is 0.408 e. The number of alkyl carbamates (subject to hydrolysis) is 1. The van der Waals surface area contributed by atoms with E-state index < -0.39 is 23.7 Å². The van der Waals surface area contributed by atoms with E-state index in [-0.39, 0.29) is 6.42 Å². The fourth-order valence-corrected chi connectivity index (χ4v) is 1.98. The zero-order valence-electron chi connectivity index (χ0n) is 14.8. The highest BCUT2D eigenvalue weighted by Crippen LogP contribution is 2.16. The number of aliphatic carboxylic acids is 1. The van der Waals surface area contributed by atoms with Crippen LogP contribution in [0.3, 0.4) is 0 Å². The maximum absolute atomic E-state index is 11.8. The molecule has 0 aliphatic heterocycles. The SMILES string of the molecule is CCCCOc1cccc(C[C@H](NC(=O)OC(C)(C)C)C(=O)O)c1. The molecule has 0 aliphatic carbocycles. The smallest absolute Gasteiger partial charge is 0.408 e. The second kappa shape index (κ2) is 9.15. The standard InChI is InChI=1S/C18H27NO5/c1-5-6-10-23-14-9-7-8-13(11-14)12-15(16(20)21)19-17(22)24-18(2,3)4/h7-9,11,15H,5-6,10,12H2,1-4H3,(H,19,22)(H,20,21)/t15-/m0/s1. The summed E-state index contributed by atoms with van der Waals surface area (Å²) in [4.78, 5) is 23.2. The summed E-state index contributed by atoms with van der Waals surface area (Å²) in [6.45, 7) is 7.87. The number of ether oxygens (including phenoxy) is 2. The van der Waals surface area contributed by atoms with Gasteiger partial charge in [-0.15, -0.1) is 0 Å². The first-order valence-corrected chi connectivity index (χ1v) is 8.15. The van der Waals surface area contributed by atoms with E-state index in [1.165, 1.54) is 0 Å². The van der Waals surface area contributed by atoms with Crippen LogP contribution in [0.15, 0.2) is 24.3 Å². The molecule has 1 atom stereocenters. The fourth-order valence-electron chi connectivity index (χ4n) is 1.98. The third-order valence-electron chi connectivity index (χ3n) is 3.09. The summed E-state index contributed by atoms with van der Waals surface area (Å²) in [7, 11) is 0. The third-order valence-corrected chi connectivity index (χ3v) is 3.09. The highest BCUT2D eigenvalue weighted by atomic mass is 16.6. The van der Waals surface area contributed by atoms with Gasteiger partial charge >= 0.3 is 12.1 Å². The van der Waals surface area contributed by atoms with Crippen molar-refractivity contribution in [1.29, 1.82) is 0 Å². The van der Waals surface area contributed by atoms with Crippen LogP contribution in [-0.2, 0) is 16.0 Å². The largest absolute Gasteiger partial charge is 0.494 e. The lowest BCUT2D eigenvalue weighted by Crippen LogP contribution is -2.44. The second-order valence-electron chi connectivity index (χ2n) is 6.59. The molecule has 1 rings (SSSR count). The number of amides is 1. The van der Waals surface area contributed by atoms with Gasteiger partial charge < -0.3 is 19.9 Å². The van der Waals surface area contributed by atoms with Crippen LogP contribution in [0.5, 0.6) is 5.75 Å². The number of carboxylic acids is 1. The van der Waals surface area contributed by atoms with Crippen LogP contribution in [0.25, 0.3) is 0 Å². The Bertz CT molecular complexity index is 551. The molecular formula is C18H27NO5. The number of nitrogens with one attached hydrogen (secondary N) is 1. The summed E-state index contributed by atoms with van der Waals surface area (Å²) in [5.41, 5.74) is 0.0904.